The standard InChI is InChI=1S/C32H35IN4O4/c1-36-10-12-37(13-11-36)9-4-15-38-24-18-28-31(29(19-24)41-30-5-2-3-14-39-30)26(23(20-34)21-35-28)17-22-6-7-27(33)25-8-16-40-32(22)25/h6-8,16,18-19,21,30H,2-5,9-15,17H2,1H3. The Morgan fingerprint density at radius 3 is 2.83 bits per heavy atom. The van der Waals surface area contributed by atoms with Gasteiger partial charge in [0.05, 0.1) is 30.6 Å². The van der Waals surface area contributed by atoms with Gasteiger partial charge in [0.1, 0.15) is 23.2 Å². The minimum Gasteiger partial charge on any atom is -0.493 e. The second-order valence-corrected chi connectivity index (χ2v) is 12.0. The van der Waals surface area contributed by atoms with Crippen LogP contribution in [-0.2, 0) is 11.2 Å². The summed E-state index contributed by atoms with van der Waals surface area (Å²) >= 11 is 2.32. The number of hydrogen-bond acceptors (Lipinski definition) is 8. The van der Waals surface area contributed by atoms with E-state index in [0.717, 1.165) is 95.0 Å². The Labute approximate surface area is 254 Å². The predicted octanol–water partition coefficient (Wildman–Crippen LogP) is 5.97. The molecule has 8 nitrogen and oxygen atoms in total. The van der Waals surface area contributed by atoms with E-state index < -0.39 is 0 Å². The summed E-state index contributed by atoms with van der Waals surface area (Å²) in [5.74, 6) is 1.36. The molecule has 0 amide bonds. The number of nitrogens with zero attached hydrogens (tertiary/aromatic N) is 4. The largest absolute Gasteiger partial charge is 0.493 e. The van der Waals surface area contributed by atoms with E-state index in [0.29, 0.717) is 36.7 Å². The van der Waals surface area contributed by atoms with Crippen LogP contribution >= 0.6 is 22.6 Å². The Morgan fingerprint density at radius 2 is 2.02 bits per heavy atom. The molecule has 1 atom stereocenters. The third-order valence-corrected chi connectivity index (χ3v) is 8.97. The lowest BCUT2D eigenvalue weighted by Gasteiger charge is -2.32. The van der Waals surface area contributed by atoms with Crippen LogP contribution in [0.15, 0.2) is 47.2 Å². The van der Waals surface area contributed by atoms with Gasteiger partial charge in [0.15, 0.2) is 6.29 Å². The van der Waals surface area contributed by atoms with Gasteiger partial charge in [0.2, 0.25) is 0 Å². The van der Waals surface area contributed by atoms with Crippen LogP contribution in [0.3, 0.4) is 0 Å². The quantitative estimate of drug-likeness (QED) is 0.160. The van der Waals surface area contributed by atoms with Crippen molar-refractivity contribution >= 4 is 44.5 Å². The van der Waals surface area contributed by atoms with E-state index in [1.807, 2.05) is 18.2 Å². The summed E-state index contributed by atoms with van der Waals surface area (Å²) in [6, 6.07) is 12.4. The van der Waals surface area contributed by atoms with Crippen LogP contribution in [0.25, 0.3) is 21.9 Å². The molecule has 2 aliphatic heterocycles. The molecule has 9 heteroatoms. The second kappa shape index (κ2) is 12.9. The van der Waals surface area contributed by atoms with Crippen LogP contribution in [0.2, 0.25) is 0 Å². The van der Waals surface area contributed by atoms with Crippen molar-refractivity contribution < 1.29 is 18.6 Å². The molecule has 6 rings (SSSR count). The van der Waals surface area contributed by atoms with Crippen molar-refractivity contribution in [1.82, 2.24) is 14.8 Å². The summed E-state index contributed by atoms with van der Waals surface area (Å²) < 4.78 is 25.7. The number of fused-ring (bicyclic) bond motifs is 2. The lowest BCUT2D eigenvalue weighted by molar-refractivity contribution is -0.105. The highest BCUT2D eigenvalue weighted by Gasteiger charge is 2.22. The first kappa shape index (κ1) is 28.2. The molecule has 0 saturated carbocycles. The number of halogens is 1. The van der Waals surface area contributed by atoms with E-state index in [4.69, 9.17) is 18.6 Å². The molecular formula is C32H35IN4O4. The number of likely N-dealkylation sites (N-methyl/N-ethyl adjacent to an activating group) is 1. The number of furan rings is 1. The van der Waals surface area contributed by atoms with Crippen molar-refractivity contribution in [2.24, 2.45) is 0 Å². The van der Waals surface area contributed by atoms with Crippen molar-refractivity contribution in [3.8, 4) is 17.6 Å². The monoisotopic (exact) mass is 666 g/mol. The Kier molecular flexibility index (Phi) is 8.91. The van der Waals surface area contributed by atoms with Crippen LogP contribution in [0, 0.1) is 14.9 Å². The average Bonchev–Trinajstić information content (AvgIpc) is 3.50. The van der Waals surface area contributed by atoms with Gasteiger partial charge in [-0.15, -0.1) is 0 Å². The summed E-state index contributed by atoms with van der Waals surface area (Å²) in [5, 5.41) is 12.0. The Morgan fingerprint density at radius 1 is 1.15 bits per heavy atom. The minimum atomic E-state index is -0.340. The van der Waals surface area contributed by atoms with Crippen molar-refractivity contribution in [3.05, 3.63) is 63.1 Å². The van der Waals surface area contributed by atoms with Crippen LogP contribution in [-0.4, -0.2) is 74.1 Å². The Balaban J connectivity index is 1.31. The summed E-state index contributed by atoms with van der Waals surface area (Å²) in [5.41, 5.74) is 3.97. The second-order valence-electron chi connectivity index (χ2n) is 10.9. The maximum atomic E-state index is 10.1. The van der Waals surface area contributed by atoms with Crippen molar-refractivity contribution in [1.29, 1.82) is 5.26 Å². The van der Waals surface area contributed by atoms with Crippen LogP contribution in [0.1, 0.15) is 42.4 Å². The van der Waals surface area contributed by atoms with Crippen LogP contribution in [0.4, 0.5) is 0 Å². The first-order valence-corrected chi connectivity index (χ1v) is 15.5. The van der Waals surface area contributed by atoms with Crippen molar-refractivity contribution in [3.63, 3.8) is 0 Å². The van der Waals surface area contributed by atoms with E-state index in [2.05, 4.69) is 62.6 Å². The fraction of sp³-hybridized carbons (Fsp3) is 0.438. The van der Waals surface area contributed by atoms with Gasteiger partial charge in [0.25, 0.3) is 0 Å². The van der Waals surface area contributed by atoms with Crippen LogP contribution < -0.4 is 9.47 Å². The normalized spacial score (nSPS) is 18.5. The van der Waals surface area contributed by atoms with Crippen molar-refractivity contribution in [2.75, 3.05) is 53.0 Å². The highest BCUT2D eigenvalue weighted by molar-refractivity contribution is 14.1. The van der Waals surface area contributed by atoms with Gasteiger partial charge in [-0.2, -0.15) is 5.26 Å². The third kappa shape index (κ3) is 6.46. The molecule has 4 aromatic rings. The zero-order chi connectivity index (χ0) is 28.2. The number of piperazine rings is 1. The van der Waals surface area contributed by atoms with E-state index in [-0.39, 0.29) is 6.29 Å². The molecule has 41 heavy (non-hydrogen) atoms. The highest BCUT2D eigenvalue weighted by Crippen LogP contribution is 2.38. The minimum absolute atomic E-state index is 0.340. The molecule has 0 spiro atoms. The molecule has 214 valence electrons. The Bertz CT molecular complexity index is 1550. The van der Waals surface area contributed by atoms with Gasteiger partial charge in [-0.1, -0.05) is 6.07 Å². The van der Waals surface area contributed by atoms with Crippen LogP contribution in [0.5, 0.6) is 11.5 Å². The summed E-state index contributed by atoms with van der Waals surface area (Å²) in [6.07, 6.45) is 7.40. The van der Waals surface area contributed by atoms with Crippen molar-refractivity contribution in [2.45, 2.75) is 38.4 Å². The molecular weight excluding hydrogens is 631 g/mol. The number of pyridine rings is 1. The first-order valence-electron chi connectivity index (χ1n) is 14.4. The van der Waals surface area contributed by atoms with E-state index in [1.165, 1.54) is 0 Å². The fourth-order valence-corrected chi connectivity index (χ4v) is 6.30. The molecule has 0 bridgehead atoms. The SMILES string of the molecule is CN1CCN(CCCOc2cc(OC3CCCCO3)c3c(Cc4ccc(I)c5ccoc45)c(C#N)cnc3c2)CC1. The number of rotatable bonds is 9. The maximum Gasteiger partial charge on any atom is 0.199 e. The zero-order valence-corrected chi connectivity index (χ0v) is 25.6. The van der Waals surface area contributed by atoms with E-state index >= 15 is 0 Å². The molecule has 2 aromatic carbocycles. The lowest BCUT2D eigenvalue weighted by Crippen LogP contribution is -2.44. The summed E-state index contributed by atoms with van der Waals surface area (Å²) in [7, 11) is 2.18. The summed E-state index contributed by atoms with van der Waals surface area (Å²) in [4.78, 5) is 9.55. The van der Waals surface area contributed by atoms with E-state index in [1.54, 1.807) is 12.5 Å². The van der Waals surface area contributed by atoms with Gasteiger partial charge in [-0.25, -0.2) is 0 Å². The molecule has 0 aliphatic carbocycles. The maximum absolute atomic E-state index is 10.1. The topological polar surface area (TPSA) is 84.0 Å². The molecule has 2 saturated heterocycles. The number of hydrogen-bond donors (Lipinski definition) is 0. The predicted molar refractivity (Wildman–Crippen MR) is 166 cm³/mol. The average molecular weight is 667 g/mol. The third-order valence-electron chi connectivity index (χ3n) is 8.03. The molecule has 1 unspecified atom stereocenters. The molecule has 2 aromatic heterocycles. The van der Waals surface area contributed by atoms with Gasteiger partial charge in [-0.05, 0) is 72.2 Å². The molecule has 0 radical (unpaired) electrons. The Hall–Kier alpha value is -2.91. The molecule has 0 N–H and O–H groups in total. The highest BCUT2D eigenvalue weighted by atomic mass is 127. The lowest BCUT2D eigenvalue weighted by atomic mass is 9.95. The van der Waals surface area contributed by atoms with Gasteiger partial charge < -0.3 is 28.4 Å². The van der Waals surface area contributed by atoms with Gasteiger partial charge in [0, 0.05) is 78.2 Å². The smallest absolute Gasteiger partial charge is 0.199 e. The van der Waals surface area contributed by atoms with Gasteiger partial charge >= 0.3 is 0 Å². The van der Waals surface area contributed by atoms with E-state index in [9.17, 15) is 5.26 Å². The molecule has 4 heterocycles. The summed E-state index contributed by atoms with van der Waals surface area (Å²) in [6.45, 7) is 6.74. The molecule has 2 fully saturated rings. The zero-order valence-electron chi connectivity index (χ0n) is 23.4. The number of aromatic nitrogens is 1. The number of nitriles is 1. The number of benzene rings is 2. The fourth-order valence-electron chi connectivity index (χ4n) is 5.69. The number of ether oxygens (including phenoxy) is 3. The molecule has 2 aliphatic rings. The first-order chi connectivity index (χ1) is 20.1. The van der Waals surface area contributed by atoms with Gasteiger partial charge in [-0.3, -0.25) is 4.98 Å².